The molecular weight excluding hydrogens is 310 g/mol. The molecule has 2 heterocycles. The van der Waals surface area contributed by atoms with Crippen LogP contribution in [0, 0.1) is 0 Å². The Morgan fingerprint density at radius 2 is 2.09 bits per heavy atom. The highest BCUT2D eigenvalue weighted by Gasteiger charge is 2.28. The van der Waals surface area contributed by atoms with E-state index < -0.39 is 5.97 Å². The molecule has 0 spiro atoms. The summed E-state index contributed by atoms with van der Waals surface area (Å²) in [6, 6.07) is 9.10. The van der Waals surface area contributed by atoms with Crippen molar-refractivity contribution >= 4 is 23.2 Å². The lowest BCUT2D eigenvalue weighted by Crippen LogP contribution is -2.38. The summed E-state index contributed by atoms with van der Waals surface area (Å²) in [5.41, 5.74) is 2.25. The molecule has 1 N–H and O–H groups in total. The molecule has 4 nitrogen and oxygen atoms in total. The van der Waals surface area contributed by atoms with Crippen LogP contribution in [0.5, 0.6) is 0 Å². The van der Waals surface area contributed by atoms with Crippen LogP contribution in [0.3, 0.4) is 0 Å². The van der Waals surface area contributed by atoms with E-state index in [2.05, 4.69) is 18.4 Å². The van der Waals surface area contributed by atoms with Crippen LogP contribution in [0.25, 0.3) is 0 Å². The number of aryl methyl sites for hydroxylation is 1. The average molecular weight is 329 g/mol. The Morgan fingerprint density at radius 1 is 1.30 bits per heavy atom. The second kappa shape index (κ2) is 6.54. The van der Waals surface area contributed by atoms with Crippen molar-refractivity contribution in [2.45, 2.75) is 32.2 Å². The second-order valence-electron chi connectivity index (χ2n) is 5.77. The SMILES string of the molecule is CC1c2ccsc2CCN1C(=O)CCc1ccccc1C(=O)O. The van der Waals surface area contributed by atoms with Crippen molar-refractivity contribution in [2.75, 3.05) is 6.54 Å². The van der Waals surface area contributed by atoms with Crippen LogP contribution in [0.15, 0.2) is 35.7 Å². The molecule has 23 heavy (non-hydrogen) atoms. The average Bonchev–Trinajstić information content (AvgIpc) is 3.02. The molecule has 0 saturated carbocycles. The predicted molar refractivity (Wildman–Crippen MR) is 89.9 cm³/mol. The first-order valence-corrected chi connectivity index (χ1v) is 8.63. The van der Waals surface area contributed by atoms with Gasteiger partial charge in [-0.05, 0) is 48.4 Å². The lowest BCUT2D eigenvalue weighted by atomic mass is 9.99. The van der Waals surface area contributed by atoms with Gasteiger partial charge < -0.3 is 10.0 Å². The van der Waals surface area contributed by atoms with Crippen molar-refractivity contribution < 1.29 is 14.7 Å². The first-order chi connectivity index (χ1) is 11.1. The normalized spacial score (nSPS) is 16.9. The topological polar surface area (TPSA) is 57.6 Å². The smallest absolute Gasteiger partial charge is 0.335 e. The molecule has 1 aliphatic heterocycles. The number of fused-ring (bicyclic) bond motifs is 1. The standard InChI is InChI=1S/C18H19NO3S/c1-12-14-9-11-23-16(14)8-10-19(12)17(20)7-6-13-4-2-3-5-15(13)18(21)22/h2-5,9,11-12H,6-8,10H2,1H3,(H,21,22). The molecular formula is C18H19NO3S. The van der Waals surface area contributed by atoms with E-state index in [1.165, 1.54) is 10.4 Å². The Bertz CT molecular complexity index is 737. The first kappa shape index (κ1) is 15.7. The number of rotatable bonds is 4. The van der Waals surface area contributed by atoms with Gasteiger partial charge in [-0.2, -0.15) is 0 Å². The maximum Gasteiger partial charge on any atom is 0.335 e. The summed E-state index contributed by atoms with van der Waals surface area (Å²) in [5.74, 6) is -0.850. The fraction of sp³-hybridized carbons (Fsp3) is 0.333. The molecule has 3 rings (SSSR count). The minimum atomic E-state index is -0.942. The van der Waals surface area contributed by atoms with E-state index in [0.29, 0.717) is 18.4 Å². The van der Waals surface area contributed by atoms with Gasteiger partial charge in [0.25, 0.3) is 0 Å². The monoisotopic (exact) mass is 329 g/mol. The maximum atomic E-state index is 12.6. The second-order valence-corrected chi connectivity index (χ2v) is 6.78. The molecule has 0 radical (unpaired) electrons. The molecule has 1 aromatic heterocycles. The third-order valence-corrected chi connectivity index (χ3v) is 5.45. The van der Waals surface area contributed by atoms with Gasteiger partial charge in [0.15, 0.2) is 0 Å². The number of nitrogens with zero attached hydrogens (tertiary/aromatic N) is 1. The molecule has 1 amide bonds. The zero-order chi connectivity index (χ0) is 16.4. The zero-order valence-corrected chi connectivity index (χ0v) is 13.8. The molecule has 1 aromatic carbocycles. The maximum absolute atomic E-state index is 12.6. The molecule has 0 saturated heterocycles. The van der Waals surface area contributed by atoms with Gasteiger partial charge in [-0.15, -0.1) is 11.3 Å². The number of amides is 1. The Morgan fingerprint density at radius 3 is 2.87 bits per heavy atom. The van der Waals surface area contributed by atoms with E-state index >= 15 is 0 Å². The van der Waals surface area contributed by atoms with E-state index in [4.69, 9.17) is 0 Å². The van der Waals surface area contributed by atoms with Crippen LogP contribution >= 0.6 is 11.3 Å². The van der Waals surface area contributed by atoms with Crippen LogP contribution in [0.4, 0.5) is 0 Å². The molecule has 2 aromatic rings. The van der Waals surface area contributed by atoms with Crippen LogP contribution < -0.4 is 0 Å². The number of carboxylic acid groups (broad SMARTS) is 1. The summed E-state index contributed by atoms with van der Waals surface area (Å²) in [4.78, 5) is 27.1. The van der Waals surface area contributed by atoms with Crippen molar-refractivity contribution in [3.63, 3.8) is 0 Å². The number of carbonyl (C=O) groups is 2. The third kappa shape index (κ3) is 3.15. The quantitative estimate of drug-likeness (QED) is 0.933. The first-order valence-electron chi connectivity index (χ1n) is 7.75. The lowest BCUT2D eigenvalue weighted by molar-refractivity contribution is -0.133. The molecule has 1 unspecified atom stereocenters. The van der Waals surface area contributed by atoms with Gasteiger partial charge in [0.05, 0.1) is 11.6 Å². The summed E-state index contributed by atoms with van der Waals surface area (Å²) >= 11 is 1.76. The molecule has 1 aliphatic rings. The molecule has 0 bridgehead atoms. The fourth-order valence-corrected chi connectivity index (χ4v) is 4.15. The summed E-state index contributed by atoms with van der Waals surface area (Å²) in [5, 5.41) is 11.3. The van der Waals surface area contributed by atoms with E-state index in [1.54, 1.807) is 29.5 Å². The minimum Gasteiger partial charge on any atom is -0.478 e. The Kier molecular flexibility index (Phi) is 4.48. The van der Waals surface area contributed by atoms with Gasteiger partial charge in [-0.1, -0.05) is 18.2 Å². The highest BCUT2D eigenvalue weighted by Crippen LogP contribution is 2.33. The van der Waals surface area contributed by atoms with Crippen LogP contribution in [0.1, 0.15) is 45.7 Å². The van der Waals surface area contributed by atoms with E-state index in [9.17, 15) is 14.7 Å². The van der Waals surface area contributed by atoms with Gasteiger partial charge in [-0.25, -0.2) is 4.79 Å². The van der Waals surface area contributed by atoms with E-state index in [1.807, 2.05) is 11.0 Å². The number of hydrogen-bond acceptors (Lipinski definition) is 3. The largest absolute Gasteiger partial charge is 0.478 e. The number of hydrogen-bond donors (Lipinski definition) is 1. The molecule has 0 fully saturated rings. The fourth-order valence-electron chi connectivity index (χ4n) is 3.18. The number of thiophene rings is 1. The number of benzene rings is 1. The minimum absolute atomic E-state index is 0.0922. The van der Waals surface area contributed by atoms with Crippen LogP contribution in [-0.2, 0) is 17.6 Å². The zero-order valence-electron chi connectivity index (χ0n) is 13.0. The Labute approximate surface area is 139 Å². The van der Waals surface area contributed by atoms with Crippen molar-refractivity contribution in [3.05, 3.63) is 57.3 Å². The number of carboxylic acids is 1. The summed E-state index contributed by atoms with van der Waals surface area (Å²) in [6.07, 6.45) is 1.71. The number of carbonyl (C=O) groups excluding carboxylic acids is 1. The molecule has 5 heteroatoms. The third-order valence-electron chi connectivity index (χ3n) is 4.45. The number of aromatic carboxylic acids is 1. The van der Waals surface area contributed by atoms with Gasteiger partial charge in [0, 0.05) is 17.8 Å². The van der Waals surface area contributed by atoms with Crippen LogP contribution in [0.2, 0.25) is 0 Å². The van der Waals surface area contributed by atoms with Crippen molar-refractivity contribution in [2.24, 2.45) is 0 Å². The van der Waals surface area contributed by atoms with E-state index in [-0.39, 0.29) is 17.5 Å². The predicted octanol–water partition coefficient (Wildman–Crippen LogP) is 3.52. The van der Waals surface area contributed by atoms with Gasteiger partial charge in [0.2, 0.25) is 5.91 Å². The van der Waals surface area contributed by atoms with Gasteiger partial charge >= 0.3 is 5.97 Å². The van der Waals surface area contributed by atoms with Crippen molar-refractivity contribution in [3.8, 4) is 0 Å². The van der Waals surface area contributed by atoms with Gasteiger partial charge in [-0.3, -0.25) is 4.79 Å². The van der Waals surface area contributed by atoms with Crippen LogP contribution in [-0.4, -0.2) is 28.4 Å². The highest BCUT2D eigenvalue weighted by atomic mass is 32.1. The van der Waals surface area contributed by atoms with Crippen molar-refractivity contribution in [1.82, 2.24) is 4.90 Å². The highest BCUT2D eigenvalue weighted by molar-refractivity contribution is 7.10. The van der Waals surface area contributed by atoms with Crippen molar-refractivity contribution in [1.29, 1.82) is 0 Å². The molecule has 120 valence electrons. The Hall–Kier alpha value is -2.14. The summed E-state index contributed by atoms with van der Waals surface area (Å²) < 4.78 is 0. The Balaban J connectivity index is 1.68. The summed E-state index contributed by atoms with van der Waals surface area (Å²) in [6.45, 7) is 2.81. The lowest BCUT2D eigenvalue weighted by Gasteiger charge is -2.33. The summed E-state index contributed by atoms with van der Waals surface area (Å²) in [7, 11) is 0. The van der Waals surface area contributed by atoms with Gasteiger partial charge in [0.1, 0.15) is 0 Å². The van der Waals surface area contributed by atoms with E-state index in [0.717, 1.165) is 13.0 Å². The molecule has 0 aliphatic carbocycles. The molecule has 1 atom stereocenters.